The van der Waals surface area contributed by atoms with Gasteiger partial charge in [-0.1, -0.05) is 47.5 Å². The van der Waals surface area contributed by atoms with E-state index < -0.39 is 0 Å². The SMILES string of the molecule is COc1ccc(CCN2C(=O)/C(=C\c3ccc(Cl)cc3)SC2=Nc2ccc(OC)c(Cl)c2)cc1. The Bertz CT molecular complexity index is 1240. The lowest BCUT2D eigenvalue weighted by Gasteiger charge is -2.16. The van der Waals surface area contributed by atoms with Gasteiger partial charge in [-0.15, -0.1) is 0 Å². The lowest BCUT2D eigenvalue weighted by atomic mass is 10.1. The van der Waals surface area contributed by atoms with Crippen molar-refractivity contribution in [2.75, 3.05) is 20.8 Å². The third-order valence-corrected chi connectivity index (χ3v) is 6.75. The third-order valence-electron chi connectivity index (χ3n) is 5.20. The van der Waals surface area contributed by atoms with Crippen molar-refractivity contribution in [3.8, 4) is 11.5 Å². The van der Waals surface area contributed by atoms with Crippen LogP contribution in [0.4, 0.5) is 5.69 Å². The van der Waals surface area contributed by atoms with Crippen LogP contribution in [-0.2, 0) is 11.2 Å². The van der Waals surface area contributed by atoms with Crippen molar-refractivity contribution in [3.05, 3.63) is 92.8 Å². The molecule has 0 N–H and O–H groups in total. The van der Waals surface area contributed by atoms with E-state index in [-0.39, 0.29) is 5.91 Å². The molecule has 1 amide bonds. The second kappa shape index (κ2) is 11.0. The molecular weight excluding hydrogens is 491 g/mol. The number of halogens is 2. The van der Waals surface area contributed by atoms with E-state index >= 15 is 0 Å². The number of thioether (sulfide) groups is 1. The number of amidine groups is 1. The van der Waals surface area contributed by atoms with Crippen LogP contribution in [0.25, 0.3) is 6.08 Å². The fourth-order valence-corrected chi connectivity index (χ4v) is 4.77. The summed E-state index contributed by atoms with van der Waals surface area (Å²) in [5.74, 6) is 1.27. The Kier molecular flexibility index (Phi) is 7.83. The Hall–Kier alpha value is -2.93. The van der Waals surface area contributed by atoms with Gasteiger partial charge in [0, 0.05) is 11.6 Å². The van der Waals surface area contributed by atoms with Gasteiger partial charge in [0.25, 0.3) is 5.91 Å². The molecule has 8 heteroatoms. The molecule has 3 aromatic rings. The van der Waals surface area contributed by atoms with Gasteiger partial charge in [-0.05, 0) is 77.9 Å². The average Bonchev–Trinajstić information content (AvgIpc) is 3.13. The molecule has 0 bridgehead atoms. The number of carbonyl (C=O) groups is 1. The van der Waals surface area contributed by atoms with Crippen molar-refractivity contribution < 1.29 is 14.3 Å². The summed E-state index contributed by atoms with van der Waals surface area (Å²) in [6, 6.07) is 20.5. The number of methoxy groups -OCH3 is 2. The maximum atomic E-state index is 13.3. The zero-order valence-electron chi connectivity index (χ0n) is 18.6. The van der Waals surface area contributed by atoms with Gasteiger partial charge >= 0.3 is 0 Å². The topological polar surface area (TPSA) is 51.1 Å². The fourth-order valence-electron chi connectivity index (χ4n) is 3.37. The van der Waals surface area contributed by atoms with E-state index in [4.69, 9.17) is 37.7 Å². The number of rotatable bonds is 7. The van der Waals surface area contributed by atoms with E-state index in [9.17, 15) is 4.79 Å². The summed E-state index contributed by atoms with van der Waals surface area (Å²) >= 11 is 13.6. The molecule has 1 aliphatic heterocycles. The molecule has 0 saturated carbocycles. The van der Waals surface area contributed by atoms with Crippen LogP contribution in [0.5, 0.6) is 11.5 Å². The van der Waals surface area contributed by atoms with Crippen LogP contribution in [0, 0.1) is 0 Å². The minimum atomic E-state index is -0.0909. The van der Waals surface area contributed by atoms with E-state index in [0.717, 1.165) is 16.9 Å². The first-order valence-electron chi connectivity index (χ1n) is 10.5. The molecule has 1 aliphatic rings. The molecule has 1 heterocycles. The van der Waals surface area contributed by atoms with Crippen LogP contribution >= 0.6 is 35.0 Å². The molecule has 1 saturated heterocycles. The summed E-state index contributed by atoms with van der Waals surface area (Å²) < 4.78 is 10.5. The number of ether oxygens (including phenoxy) is 2. The number of hydrogen-bond acceptors (Lipinski definition) is 5. The highest BCUT2D eigenvalue weighted by molar-refractivity contribution is 8.18. The first-order valence-corrected chi connectivity index (χ1v) is 12.1. The molecule has 0 aromatic heterocycles. The molecule has 0 aliphatic carbocycles. The minimum absolute atomic E-state index is 0.0909. The van der Waals surface area contributed by atoms with Crippen molar-refractivity contribution >= 4 is 57.8 Å². The highest BCUT2D eigenvalue weighted by Crippen LogP contribution is 2.36. The van der Waals surface area contributed by atoms with Crippen LogP contribution in [0.15, 0.2) is 76.6 Å². The van der Waals surface area contributed by atoms with E-state index in [2.05, 4.69) is 0 Å². The van der Waals surface area contributed by atoms with Gasteiger partial charge in [-0.25, -0.2) is 4.99 Å². The summed E-state index contributed by atoms with van der Waals surface area (Å²) in [5.41, 5.74) is 2.63. The van der Waals surface area contributed by atoms with Crippen molar-refractivity contribution in [1.29, 1.82) is 0 Å². The zero-order valence-corrected chi connectivity index (χ0v) is 21.0. The molecule has 0 radical (unpaired) electrons. The van der Waals surface area contributed by atoms with Gasteiger partial charge < -0.3 is 9.47 Å². The van der Waals surface area contributed by atoms with Crippen molar-refractivity contribution in [2.45, 2.75) is 6.42 Å². The second-order valence-corrected chi connectivity index (χ2v) is 9.28. The van der Waals surface area contributed by atoms with Crippen LogP contribution in [0.3, 0.4) is 0 Å². The lowest BCUT2D eigenvalue weighted by Crippen LogP contribution is -2.31. The predicted molar refractivity (Wildman–Crippen MR) is 141 cm³/mol. The highest BCUT2D eigenvalue weighted by atomic mass is 35.5. The van der Waals surface area contributed by atoms with Gasteiger partial charge in [0.1, 0.15) is 11.5 Å². The standard InChI is InChI=1S/C26H22Cl2N2O3S/c1-32-21-10-5-17(6-11-21)13-14-30-25(31)24(15-18-3-7-19(27)8-4-18)34-26(30)29-20-9-12-23(33-2)22(28)16-20/h3-12,15-16H,13-14H2,1-2H3/b24-15+,29-26?. The maximum Gasteiger partial charge on any atom is 0.266 e. The van der Waals surface area contributed by atoms with Gasteiger partial charge in [0.15, 0.2) is 5.17 Å². The predicted octanol–water partition coefficient (Wildman–Crippen LogP) is 6.86. The molecule has 0 unspecified atom stereocenters. The smallest absolute Gasteiger partial charge is 0.266 e. The number of nitrogens with zero attached hydrogens (tertiary/aromatic N) is 2. The van der Waals surface area contributed by atoms with E-state index in [0.29, 0.717) is 44.5 Å². The average molecular weight is 513 g/mol. The normalized spacial score (nSPS) is 15.9. The largest absolute Gasteiger partial charge is 0.497 e. The summed E-state index contributed by atoms with van der Waals surface area (Å²) in [6.45, 7) is 0.485. The molecule has 5 nitrogen and oxygen atoms in total. The summed E-state index contributed by atoms with van der Waals surface area (Å²) in [6.07, 6.45) is 2.53. The zero-order chi connectivity index (χ0) is 24.1. The van der Waals surface area contributed by atoms with E-state index in [1.165, 1.54) is 11.8 Å². The molecule has 174 valence electrons. The Labute approximate surface area is 213 Å². The summed E-state index contributed by atoms with van der Waals surface area (Å²) in [7, 11) is 3.20. The number of amides is 1. The Morgan fingerprint density at radius 3 is 2.35 bits per heavy atom. The van der Waals surface area contributed by atoms with Gasteiger partial charge in [0.2, 0.25) is 0 Å². The van der Waals surface area contributed by atoms with Crippen molar-refractivity contribution in [2.24, 2.45) is 4.99 Å². The van der Waals surface area contributed by atoms with Crippen LogP contribution < -0.4 is 9.47 Å². The van der Waals surface area contributed by atoms with Crippen molar-refractivity contribution in [1.82, 2.24) is 4.90 Å². The lowest BCUT2D eigenvalue weighted by molar-refractivity contribution is -0.122. The molecule has 1 fully saturated rings. The molecule has 0 spiro atoms. The molecule has 34 heavy (non-hydrogen) atoms. The Morgan fingerprint density at radius 1 is 0.971 bits per heavy atom. The quantitative estimate of drug-likeness (QED) is 0.324. The molecule has 3 aromatic carbocycles. The first-order chi connectivity index (χ1) is 16.5. The van der Waals surface area contributed by atoms with Gasteiger partial charge in [-0.2, -0.15) is 0 Å². The Morgan fingerprint density at radius 2 is 1.71 bits per heavy atom. The molecule has 0 atom stereocenters. The minimum Gasteiger partial charge on any atom is -0.497 e. The summed E-state index contributed by atoms with van der Waals surface area (Å²) in [4.78, 5) is 20.4. The number of hydrogen-bond donors (Lipinski definition) is 0. The first kappa shape index (κ1) is 24.2. The Balaban J connectivity index is 1.62. The fraction of sp³-hybridized carbons (Fsp3) is 0.154. The van der Waals surface area contributed by atoms with Gasteiger partial charge in [-0.3, -0.25) is 9.69 Å². The molecule has 4 rings (SSSR count). The van der Waals surface area contributed by atoms with E-state index in [1.807, 2.05) is 48.5 Å². The highest BCUT2D eigenvalue weighted by Gasteiger charge is 2.33. The maximum absolute atomic E-state index is 13.3. The van der Waals surface area contributed by atoms with Crippen LogP contribution in [0.2, 0.25) is 10.0 Å². The van der Waals surface area contributed by atoms with Crippen LogP contribution in [-0.4, -0.2) is 36.7 Å². The van der Waals surface area contributed by atoms with Gasteiger partial charge in [0.05, 0.1) is 29.8 Å². The number of aliphatic imine (C=N–C) groups is 1. The van der Waals surface area contributed by atoms with Crippen LogP contribution in [0.1, 0.15) is 11.1 Å². The second-order valence-electron chi connectivity index (χ2n) is 7.43. The van der Waals surface area contributed by atoms with E-state index in [1.54, 1.807) is 43.4 Å². The van der Waals surface area contributed by atoms with Crippen molar-refractivity contribution in [3.63, 3.8) is 0 Å². The number of benzene rings is 3. The number of carbonyl (C=O) groups excluding carboxylic acids is 1. The summed E-state index contributed by atoms with van der Waals surface area (Å²) in [5, 5.41) is 1.70. The molecular formula is C26H22Cl2N2O3S. The monoisotopic (exact) mass is 512 g/mol. The third kappa shape index (κ3) is 5.76.